The summed E-state index contributed by atoms with van der Waals surface area (Å²) >= 11 is 0. The predicted octanol–water partition coefficient (Wildman–Crippen LogP) is 1.90. The minimum Gasteiger partial charge on any atom is -0.459 e. The summed E-state index contributed by atoms with van der Waals surface area (Å²) in [5.41, 5.74) is 1.18. The number of rotatable bonds is 12. The first-order chi connectivity index (χ1) is 12.6. The minimum absolute atomic E-state index is 0.0825. The molecule has 1 aromatic carbocycles. The normalized spacial score (nSPS) is 11.9. The van der Waals surface area contributed by atoms with Crippen LogP contribution in [0.25, 0.3) is 0 Å². The molecule has 26 heavy (non-hydrogen) atoms. The third-order valence-electron chi connectivity index (χ3n) is 3.35. The SMILES string of the molecule is C=CC(=O)OC(CC[SiH2]OCC)Cc1ccccc1.CO[SiH](OC)OC. The maximum absolute atomic E-state index is 11.3. The fraction of sp³-hybridized carbons (Fsp3) is 0.500. The Bertz CT molecular complexity index is 462. The van der Waals surface area contributed by atoms with Gasteiger partial charge in [0.2, 0.25) is 0 Å². The zero-order valence-electron chi connectivity index (χ0n) is 16.3. The fourth-order valence-corrected chi connectivity index (χ4v) is 3.83. The molecule has 0 saturated heterocycles. The van der Waals surface area contributed by atoms with Gasteiger partial charge in [-0.2, -0.15) is 0 Å². The van der Waals surface area contributed by atoms with Gasteiger partial charge >= 0.3 is 15.5 Å². The molecule has 148 valence electrons. The third kappa shape index (κ3) is 13.0. The average Bonchev–Trinajstić information content (AvgIpc) is 2.67. The lowest BCUT2D eigenvalue weighted by Crippen LogP contribution is -2.21. The van der Waals surface area contributed by atoms with Crippen molar-refractivity contribution in [2.45, 2.75) is 31.9 Å². The summed E-state index contributed by atoms with van der Waals surface area (Å²) in [6.07, 6.45) is 2.75. The lowest BCUT2D eigenvalue weighted by molar-refractivity contribution is -0.143. The van der Waals surface area contributed by atoms with E-state index in [1.807, 2.05) is 25.1 Å². The standard InChI is InChI=1S/C15H22O3Si.C3H10O3Si/c1-3-15(16)18-14(10-11-19-17-4-2)12-13-8-6-5-7-9-13;1-4-7(5-2)6-3/h3,5-9,14H,1,4,10-12,19H2,2H3;7H,1-3H3. The first kappa shape index (κ1) is 24.7. The lowest BCUT2D eigenvalue weighted by atomic mass is 10.1. The molecular weight excluding hydrogens is 368 g/mol. The molecule has 6 nitrogen and oxygen atoms in total. The van der Waals surface area contributed by atoms with Gasteiger partial charge < -0.3 is 22.4 Å². The van der Waals surface area contributed by atoms with E-state index in [4.69, 9.17) is 22.4 Å². The van der Waals surface area contributed by atoms with Crippen LogP contribution in [0.15, 0.2) is 43.0 Å². The van der Waals surface area contributed by atoms with Crippen LogP contribution in [0.5, 0.6) is 0 Å². The topological polar surface area (TPSA) is 63.2 Å². The summed E-state index contributed by atoms with van der Waals surface area (Å²) in [4.78, 5) is 11.3. The van der Waals surface area contributed by atoms with Crippen LogP contribution in [0.2, 0.25) is 6.04 Å². The zero-order chi connectivity index (χ0) is 19.6. The van der Waals surface area contributed by atoms with Gasteiger partial charge in [-0.15, -0.1) is 0 Å². The van der Waals surface area contributed by atoms with Crippen molar-refractivity contribution in [3.8, 4) is 0 Å². The molecule has 0 aliphatic heterocycles. The summed E-state index contributed by atoms with van der Waals surface area (Å²) in [5, 5.41) is 0. The molecule has 0 amide bonds. The van der Waals surface area contributed by atoms with E-state index in [-0.39, 0.29) is 12.1 Å². The smallest absolute Gasteiger partial charge is 0.459 e. The molecule has 0 N–H and O–H groups in total. The molecule has 1 atom stereocenters. The van der Waals surface area contributed by atoms with Gasteiger partial charge in [-0.1, -0.05) is 36.9 Å². The Hall–Kier alpha value is -1.30. The van der Waals surface area contributed by atoms with E-state index in [0.29, 0.717) is 0 Å². The second-order valence-electron chi connectivity index (χ2n) is 5.29. The zero-order valence-corrected chi connectivity index (χ0v) is 18.9. The van der Waals surface area contributed by atoms with Gasteiger partial charge in [0.25, 0.3) is 0 Å². The average molecular weight is 401 g/mol. The number of ether oxygens (including phenoxy) is 1. The van der Waals surface area contributed by atoms with Crippen molar-refractivity contribution in [3.63, 3.8) is 0 Å². The largest absolute Gasteiger partial charge is 0.483 e. The molecular formula is C18H32O6Si2. The van der Waals surface area contributed by atoms with Gasteiger partial charge in [-0.3, -0.25) is 0 Å². The van der Waals surface area contributed by atoms with Gasteiger partial charge in [0, 0.05) is 40.4 Å². The van der Waals surface area contributed by atoms with Gasteiger partial charge in [0.05, 0.1) is 0 Å². The molecule has 8 heteroatoms. The highest BCUT2D eigenvalue weighted by atomic mass is 28.3. The van der Waals surface area contributed by atoms with Crippen molar-refractivity contribution >= 4 is 25.3 Å². The Balaban J connectivity index is 0.000000758. The molecule has 1 aromatic rings. The predicted molar refractivity (Wildman–Crippen MR) is 108 cm³/mol. The molecule has 0 heterocycles. The van der Waals surface area contributed by atoms with Crippen LogP contribution in [-0.4, -0.2) is 59.3 Å². The molecule has 0 fully saturated rings. The molecule has 0 saturated carbocycles. The Kier molecular flexibility index (Phi) is 16.3. The maximum atomic E-state index is 11.3. The maximum Gasteiger partial charge on any atom is 0.483 e. The van der Waals surface area contributed by atoms with Gasteiger partial charge in [-0.05, 0) is 25.0 Å². The van der Waals surface area contributed by atoms with E-state index in [2.05, 4.69) is 18.7 Å². The fourth-order valence-electron chi connectivity index (χ4n) is 2.14. The van der Waals surface area contributed by atoms with Gasteiger partial charge in [0.15, 0.2) is 9.76 Å². The van der Waals surface area contributed by atoms with Crippen LogP contribution in [0, 0.1) is 0 Å². The Morgan fingerprint density at radius 1 is 1.19 bits per heavy atom. The van der Waals surface area contributed by atoms with Crippen molar-refractivity contribution in [3.05, 3.63) is 48.6 Å². The van der Waals surface area contributed by atoms with Crippen LogP contribution in [0.3, 0.4) is 0 Å². The molecule has 0 bridgehead atoms. The first-order valence-electron chi connectivity index (χ1n) is 8.64. The third-order valence-corrected chi connectivity index (χ3v) is 5.90. The van der Waals surface area contributed by atoms with Gasteiger partial charge in [-0.25, -0.2) is 4.79 Å². The molecule has 1 unspecified atom stereocenters. The summed E-state index contributed by atoms with van der Waals surface area (Å²) in [6.45, 7) is 6.23. The summed E-state index contributed by atoms with van der Waals surface area (Å²) in [6, 6.07) is 11.1. The van der Waals surface area contributed by atoms with Crippen molar-refractivity contribution in [2.75, 3.05) is 27.9 Å². The van der Waals surface area contributed by atoms with E-state index in [9.17, 15) is 4.79 Å². The Morgan fingerprint density at radius 3 is 2.27 bits per heavy atom. The number of hydrogen-bond acceptors (Lipinski definition) is 6. The number of esters is 1. The highest BCUT2D eigenvalue weighted by Crippen LogP contribution is 2.12. The van der Waals surface area contributed by atoms with E-state index >= 15 is 0 Å². The Labute approximate surface area is 161 Å². The van der Waals surface area contributed by atoms with E-state index in [0.717, 1.165) is 25.5 Å². The second kappa shape index (κ2) is 17.1. The molecule has 0 aliphatic rings. The highest BCUT2D eigenvalue weighted by molar-refractivity contribution is 6.36. The monoisotopic (exact) mass is 400 g/mol. The van der Waals surface area contributed by atoms with Gasteiger partial charge in [0.1, 0.15) is 6.10 Å². The summed E-state index contributed by atoms with van der Waals surface area (Å²) in [5.74, 6) is -0.348. The van der Waals surface area contributed by atoms with E-state index in [1.165, 1.54) is 11.6 Å². The van der Waals surface area contributed by atoms with Crippen LogP contribution in [-0.2, 0) is 33.7 Å². The van der Waals surface area contributed by atoms with E-state index in [1.54, 1.807) is 21.3 Å². The van der Waals surface area contributed by atoms with E-state index < -0.39 is 19.3 Å². The highest BCUT2D eigenvalue weighted by Gasteiger charge is 2.13. The van der Waals surface area contributed by atoms with Crippen molar-refractivity contribution < 1.29 is 27.2 Å². The minimum atomic E-state index is -1.67. The number of carbonyl (C=O) groups is 1. The molecule has 0 aliphatic carbocycles. The molecule has 1 rings (SSSR count). The number of benzene rings is 1. The van der Waals surface area contributed by atoms with Crippen molar-refractivity contribution in [1.82, 2.24) is 0 Å². The van der Waals surface area contributed by atoms with Crippen LogP contribution in [0.4, 0.5) is 0 Å². The first-order valence-corrected chi connectivity index (χ1v) is 11.6. The molecule has 0 aromatic heterocycles. The van der Waals surface area contributed by atoms with Crippen LogP contribution >= 0.6 is 0 Å². The second-order valence-corrected chi connectivity index (χ2v) is 8.80. The lowest BCUT2D eigenvalue weighted by Gasteiger charge is -2.17. The van der Waals surface area contributed by atoms with Crippen molar-refractivity contribution in [1.29, 1.82) is 0 Å². The quantitative estimate of drug-likeness (QED) is 0.231. The van der Waals surface area contributed by atoms with Crippen LogP contribution < -0.4 is 0 Å². The molecule has 0 radical (unpaired) electrons. The summed E-state index contributed by atoms with van der Waals surface area (Å²) in [7, 11) is 2.57. The molecule has 0 spiro atoms. The Morgan fingerprint density at radius 2 is 1.81 bits per heavy atom. The number of hydrogen-bond donors (Lipinski definition) is 0. The van der Waals surface area contributed by atoms with Crippen molar-refractivity contribution in [2.24, 2.45) is 0 Å². The number of carbonyl (C=O) groups excluding carboxylic acids is 1. The van der Waals surface area contributed by atoms with Crippen LogP contribution in [0.1, 0.15) is 18.9 Å². The summed E-state index contributed by atoms with van der Waals surface area (Å²) < 4.78 is 25.1.